The summed E-state index contributed by atoms with van der Waals surface area (Å²) < 4.78 is 15.2. The highest BCUT2D eigenvalue weighted by Crippen LogP contribution is 2.28. The zero-order chi connectivity index (χ0) is 14.1. The fourth-order valence-electron chi connectivity index (χ4n) is 2.29. The Morgan fingerprint density at radius 2 is 2.10 bits per heavy atom. The number of benzene rings is 1. The molecule has 1 N–H and O–H groups in total. The first kappa shape index (κ1) is 12.6. The van der Waals surface area contributed by atoms with Crippen LogP contribution in [0.4, 0.5) is 4.39 Å². The van der Waals surface area contributed by atoms with E-state index < -0.39 is 6.10 Å². The summed E-state index contributed by atoms with van der Waals surface area (Å²) in [6.07, 6.45) is 2.27. The van der Waals surface area contributed by atoms with E-state index in [0.29, 0.717) is 16.9 Å². The topological polar surface area (TPSA) is 38.0 Å². The van der Waals surface area contributed by atoms with Crippen molar-refractivity contribution in [2.75, 3.05) is 0 Å². The minimum atomic E-state index is -0.840. The highest BCUT2D eigenvalue weighted by molar-refractivity contribution is 5.83. The smallest absolute Gasteiger partial charge is 0.137 e. The molecule has 3 rings (SSSR count). The normalized spacial score (nSPS) is 12.5. The highest BCUT2D eigenvalue weighted by atomic mass is 19.1. The number of hydrogen-bond donors (Lipinski definition) is 1. The Labute approximate surface area is 115 Å². The summed E-state index contributed by atoms with van der Waals surface area (Å²) in [7, 11) is 0. The summed E-state index contributed by atoms with van der Waals surface area (Å²) in [5.41, 5.74) is 1.40. The van der Waals surface area contributed by atoms with Crippen LogP contribution in [-0.4, -0.2) is 14.7 Å². The van der Waals surface area contributed by atoms with E-state index in [1.54, 1.807) is 22.9 Å². The van der Waals surface area contributed by atoms with Crippen molar-refractivity contribution in [2.24, 2.45) is 0 Å². The zero-order valence-electron chi connectivity index (χ0n) is 10.7. The van der Waals surface area contributed by atoms with Gasteiger partial charge in [-0.1, -0.05) is 12.1 Å². The molecule has 0 fully saturated rings. The van der Waals surface area contributed by atoms with Crippen molar-refractivity contribution >= 4 is 10.9 Å². The SMILES string of the molecule is C=CC(O)c1cc2cc(F)ccc2n1-c1ccccn1. The molecule has 3 nitrogen and oxygen atoms in total. The largest absolute Gasteiger partial charge is 0.383 e. The molecule has 4 heteroatoms. The summed E-state index contributed by atoms with van der Waals surface area (Å²) in [4.78, 5) is 4.29. The standard InChI is InChI=1S/C16H13FN2O/c1-2-15(20)14-10-11-9-12(17)6-7-13(11)19(14)16-5-3-4-8-18-16/h2-10,15,20H,1H2. The summed E-state index contributed by atoms with van der Waals surface area (Å²) in [5, 5.41) is 10.8. The second-order valence-corrected chi connectivity index (χ2v) is 4.48. The number of halogens is 1. The van der Waals surface area contributed by atoms with E-state index in [1.165, 1.54) is 18.2 Å². The van der Waals surface area contributed by atoms with Gasteiger partial charge in [-0.25, -0.2) is 9.37 Å². The van der Waals surface area contributed by atoms with Crippen LogP contribution < -0.4 is 0 Å². The molecular weight excluding hydrogens is 255 g/mol. The lowest BCUT2D eigenvalue weighted by molar-refractivity contribution is 0.222. The first-order valence-corrected chi connectivity index (χ1v) is 6.23. The number of aliphatic hydroxyl groups is 1. The molecule has 0 aliphatic carbocycles. The molecule has 2 heterocycles. The predicted molar refractivity (Wildman–Crippen MR) is 76.2 cm³/mol. The van der Waals surface area contributed by atoms with Crippen molar-refractivity contribution < 1.29 is 9.50 Å². The predicted octanol–water partition coefficient (Wildman–Crippen LogP) is 3.38. The zero-order valence-corrected chi connectivity index (χ0v) is 10.7. The Bertz CT molecular complexity index is 765. The second-order valence-electron chi connectivity index (χ2n) is 4.48. The first-order chi connectivity index (χ1) is 9.70. The van der Waals surface area contributed by atoms with Gasteiger partial charge in [-0.3, -0.25) is 4.57 Å². The number of nitrogens with zero attached hydrogens (tertiary/aromatic N) is 2. The lowest BCUT2D eigenvalue weighted by Crippen LogP contribution is -2.05. The van der Waals surface area contributed by atoms with Gasteiger partial charge in [0.2, 0.25) is 0 Å². The maximum absolute atomic E-state index is 13.4. The lowest BCUT2D eigenvalue weighted by atomic mass is 10.2. The van der Waals surface area contributed by atoms with Gasteiger partial charge in [0.1, 0.15) is 17.7 Å². The molecule has 2 aromatic heterocycles. The second kappa shape index (κ2) is 4.90. The summed E-state index contributed by atoms with van der Waals surface area (Å²) in [6, 6.07) is 11.8. The summed E-state index contributed by atoms with van der Waals surface area (Å²) >= 11 is 0. The van der Waals surface area contributed by atoms with Gasteiger partial charge < -0.3 is 5.11 Å². The van der Waals surface area contributed by atoms with Crippen molar-refractivity contribution in [3.8, 4) is 5.82 Å². The van der Waals surface area contributed by atoms with Crippen LogP contribution in [-0.2, 0) is 0 Å². The van der Waals surface area contributed by atoms with Gasteiger partial charge in [0.25, 0.3) is 0 Å². The Morgan fingerprint density at radius 3 is 2.80 bits per heavy atom. The van der Waals surface area contributed by atoms with Gasteiger partial charge in [-0.15, -0.1) is 6.58 Å². The minimum Gasteiger partial charge on any atom is -0.383 e. The maximum atomic E-state index is 13.4. The molecule has 3 aromatic rings. The molecule has 1 aromatic carbocycles. The van der Waals surface area contributed by atoms with Crippen LogP contribution in [0.5, 0.6) is 0 Å². The van der Waals surface area contributed by atoms with E-state index in [-0.39, 0.29) is 5.82 Å². The van der Waals surface area contributed by atoms with E-state index in [0.717, 1.165) is 5.52 Å². The Balaban J connectivity index is 2.34. The minimum absolute atomic E-state index is 0.310. The van der Waals surface area contributed by atoms with Gasteiger partial charge in [0, 0.05) is 11.6 Å². The number of pyridine rings is 1. The third-order valence-electron chi connectivity index (χ3n) is 3.20. The quantitative estimate of drug-likeness (QED) is 0.739. The van der Waals surface area contributed by atoms with Crippen LogP contribution >= 0.6 is 0 Å². The number of aliphatic hydroxyl groups excluding tert-OH is 1. The van der Waals surface area contributed by atoms with Crippen molar-refractivity contribution in [3.05, 3.63) is 72.8 Å². The van der Waals surface area contributed by atoms with Crippen LogP contribution in [0.3, 0.4) is 0 Å². The molecule has 1 atom stereocenters. The third kappa shape index (κ3) is 2.00. The third-order valence-corrected chi connectivity index (χ3v) is 3.20. The molecule has 1 unspecified atom stereocenters. The van der Waals surface area contributed by atoms with Gasteiger partial charge in [0.15, 0.2) is 0 Å². The van der Waals surface area contributed by atoms with E-state index in [1.807, 2.05) is 18.2 Å². The van der Waals surface area contributed by atoms with E-state index in [2.05, 4.69) is 11.6 Å². The molecule has 0 spiro atoms. The van der Waals surface area contributed by atoms with Crippen molar-refractivity contribution in [2.45, 2.75) is 6.10 Å². The number of fused-ring (bicyclic) bond motifs is 1. The van der Waals surface area contributed by atoms with E-state index >= 15 is 0 Å². The fraction of sp³-hybridized carbons (Fsp3) is 0.0625. The number of hydrogen-bond acceptors (Lipinski definition) is 2. The van der Waals surface area contributed by atoms with Gasteiger partial charge in [0.05, 0.1) is 11.2 Å². The molecule has 0 radical (unpaired) electrons. The molecule has 0 bridgehead atoms. The molecule has 100 valence electrons. The van der Waals surface area contributed by atoms with Crippen LogP contribution in [0, 0.1) is 5.82 Å². The molecule has 0 amide bonds. The average Bonchev–Trinajstić information content (AvgIpc) is 2.85. The Kier molecular flexibility index (Phi) is 3.08. The molecule has 0 saturated carbocycles. The van der Waals surface area contributed by atoms with Crippen LogP contribution in [0.2, 0.25) is 0 Å². The van der Waals surface area contributed by atoms with E-state index in [4.69, 9.17) is 0 Å². The Hall–Kier alpha value is -2.46. The molecule has 0 aliphatic heterocycles. The lowest BCUT2D eigenvalue weighted by Gasteiger charge is -2.12. The monoisotopic (exact) mass is 268 g/mol. The Morgan fingerprint density at radius 1 is 1.25 bits per heavy atom. The van der Waals surface area contributed by atoms with Gasteiger partial charge >= 0.3 is 0 Å². The van der Waals surface area contributed by atoms with Crippen LogP contribution in [0.1, 0.15) is 11.8 Å². The average molecular weight is 268 g/mol. The summed E-state index contributed by atoms with van der Waals surface area (Å²) in [6.45, 7) is 3.60. The number of aromatic nitrogens is 2. The molecular formula is C16H13FN2O. The van der Waals surface area contributed by atoms with Crippen LogP contribution in [0.25, 0.3) is 16.7 Å². The molecule has 0 saturated heterocycles. The van der Waals surface area contributed by atoms with Crippen LogP contribution in [0.15, 0.2) is 61.3 Å². The van der Waals surface area contributed by atoms with E-state index in [9.17, 15) is 9.50 Å². The first-order valence-electron chi connectivity index (χ1n) is 6.23. The molecule has 20 heavy (non-hydrogen) atoms. The maximum Gasteiger partial charge on any atom is 0.137 e. The van der Waals surface area contributed by atoms with Gasteiger partial charge in [-0.2, -0.15) is 0 Å². The van der Waals surface area contributed by atoms with Gasteiger partial charge in [-0.05, 0) is 36.4 Å². The fourth-order valence-corrected chi connectivity index (χ4v) is 2.29. The van der Waals surface area contributed by atoms with Crippen molar-refractivity contribution in [3.63, 3.8) is 0 Å². The number of rotatable bonds is 3. The highest BCUT2D eigenvalue weighted by Gasteiger charge is 2.16. The van der Waals surface area contributed by atoms with Crippen molar-refractivity contribution in [1.29, 1.82) is 0 Å². The van der Waals surface area contributed by atoms with Crippen molar-refractivity contribution in [1.82, 2.24) is 9.55 Å². The summed E-state index contributed by atoms with van der Waals surface area (Å²) in [5.74, 6) is 0.361. The molecule has 0 aliphatic rings.